The first kappa shape index (κ1) is 10.8. The summed E-state index contributed by atoms with van der Waals surface area (Å²) < 4.78 is 0. The van der Waals surface area contributed by atoms with Crippen LogP contribution in [0.25, 0.3) is 0 Å². The van der Waals surface area contributed by atoms with E-state index in [4.69, 9.17) is 0 Å². The van der Waals surface area contributed by atoms with Gasteiger partial charge in [-0.1, -0.05) is 51.2 Å². The molecule has 0 aromatic rings. The predicted molar refractivity (Wildman–Crippen MR) is 59.9 cm³/mol. The van der Waals surface area contributed by atoms with Crippen LogP contribution in [0.2, 0.25) is 0 Å². The lowest BCUT2D eigenvalue weighted by Gasteiger charge is -2.13. The first-order valence-corrected chi connectivity index (χ1v) is 6.08. The van der Waals surface area contributed by atoms with Crippen LogP contribution in [0.5, 0.6) is 0 Å². The van der Waals surface area contributed by atoms with Crippen LogP contribution in [0.4, 0.5) is 0 Å². The van der Waals surface area contributed by atoms with Crippen LogP contribution < -0.4 is 0 Å². The van der Waals surface area contributed by atoms with Crippen LogP contribution in [0.15, 0.2) is 12.2 Å². The smallest absolute Gasteiger partial charge is 0.0351 e. The molecule has 0 heteroatoms. The molecule has 0 fully saturated rings. The molecule has 0 N–H and O–H groups in total. The van der Waals surface area contributed by atoms with Crippen molar-refractivity contribution in [2.24, 2.45) is 5.92 Å². The second-order valence-electron chi connectivity index (χ2n) is 4.31. The summed E-state index contributed by atoms with van der Waals surface area (Å²) in [6, 6.07) is 0. The Bertz CT molecular complexity index is 121. The molecule has 0 aromatic carbocycles. The fourth-order valence-corrected chi connectivity index (χ4v) is 2.18. The minimum absolute atomic E-state index is 1.03. The fraction of sp³-hybridized carbons (Fsp3) is 0.846. The number of hydrogen-bond donors (Lipinski definition) is 0. The third-order valence-corrected chi connectivity index (χ3v) is 3.21. The van der Waals surface area contributed by atoms with Crippen LogP contribution in [0.1, 0.15) is 64.7 Å². The second-order valence-corrected chi connectivity index (χ2v) is 4.31. The van der Waals surface area contributed by atoms with Crippen molar-refractivity contribution in [2.45, 2.75) is 64.7 Å². The molecule has 0 aromatic heterocycles. The summed E-state index contributed by atoms with van der Waals surface area (Å²) in [5.41, 5.74) is 0. The zero-order chi connectivity index (χ0) is 9.36. The quantitative estimate of drug-likeness (QED) is 0.513. The maximum atomic E-state index is 2.38. The van der Waals surface area contributed by atoms with Gasteiger partial charge in [-0.3, -0.25) is 0 Å². The van der Waals surface area contributed by atoms with Gasteiger partial charge in [0.1, 0.15) is 0 Å². The van der Waals surface area contributed by atoms with E-state index in [1.54, 1.807) is 0 Å². The third kappa shape index (κ3) is 5.13. The molecule has 0 nitrogen and oxygen atoms in total. The van der Waals surface area contributed by atoms with Crippen LogP contribution in [0.3, 0.4) is 0 Å². The van der Waals surface area contributed by atoms with E-state index in [0.29, 0.717) is 0 Å². The van der Waals surface area contributed by atoms with Gasteiger partial charge in [0.2, 0.25) is 0 Å². The van der Waals surface area contributed by atoms with Crippen molar-refractivity contribution >= 4 is 0 Å². The molecule has 76 valence electrons. The van der Waals surface area contributed by atoms with Crippen LogP contribution in [-0.2, 0) is 0 Å². The highest BCUT2D eigenvalue weighted by Crippen LogP contribution is 2.21. The highest BCUT2D eigenvalue weighted by Gasteiger charge is 2.05. The summed E-state index contributed by atoms with van der Waals surface area (Å²) in [6.45, 7) is 2.35. The molecule has 0 saturated carbocycles. The third-order valence-electron chi connectivity index (χ3n) is 3.21. The van der Waals surface area contributed by atoms with Crippen molar-refractivity contribution in [1.29, 1.82) is 0 Å². The summed E-state index contributed by atoms with van der Waals surface area (Å²) in [6.07, 6.45) is 17.5. The van der Waals surface area contributed by atoms with Gasteiger partial charge in [-0.25, -0.2) is 0 Å². The molecule has 0 radical (unpaired) electrons. The fourth-order valence-electron chi connectivity index (χ4n) is 2.18. The van der Waals surface area contributed by atoms with Crippen molar-refractivity contribution in [1.82, 2.24) is 0 Å². The average Bonchev–Trinajstić information content (AvgIpc) is 2.22. The van der Waals surface area contributed by atoms with Gasteiger partial charge in [-0.15, -0.1) is 0 Å². The van der Waals surface area contributed by atoms with E-state index in [-0.39, 0.29) is 0 Å². The van der Waals surface area contributed by atoms with Gasteiger partial charge < -0.3 is 0 Å². The molecule has 0 bridgehead atoms. The lowest BCUT2D eigenvalue weighted by Crippen LogP contribution is -1.98. The van der Waals surface area contributed by atoms with Gasteiger partial charge in [0.25, 0.3) is 0 Å². The summed E-state index contributed by atoms with van der Waals surface area (Å²) in [5.74, 6) is 1.03. The Morgan fingerprint density at radius 2 is 1.46 bits per heavy atom. The standard InChI is InChI=1S/C13H24/c1-2-13-11-9-7-5-3-4-6-8-10-12-13/h3-4,13H,2,5-12H2,1H3/b4-3-. The van der Waals surface area contributed by atoms with Crippen LogP contribution in [-0.4, -0.2) is 0 Å². The van der Waals surface area contributed by atoms with Gasteiger partial charge in [-0.05, 0) is 31.6 Å². The second kappa shape index (κ2) is 7.17. The van der Waals surface area contributed by atoms with E-state index in [9.17, 15) is 0 Å². The van der Waals surface area contributed by atoms with Crippen molar-refractivity contribution in [3.05, 3.63) is 12.2 Å². The lowest BCUT2D eigenvalue weighted by molar-refractivity contribution is 0.404. The largest absolute Gasteiger partial charge is 0.0885 e. The molecule has 1 aliphatic carbocycles. The normalized spacial score (nSPS) is 25.0. The molecular formula is C13H24. The molecule has 1 rings (SSSR count). The van der Waals surface area contributed by atoms with E-state index < -0.39 is 0 Å². The van der Waals surface area contributed by atoms with Gasteiger partial charge in [-0.2, -0.15) is 0 Å². The summed E-state index contributed by atoms with van der Waals surface area (Å²) in [7, 11) is 0. The topological polar surface area (TPSA) is 0 Å². The van der Waals surface area contributed by atoms with Crippen molar-refractivity contribution in [2.75, 3.05) is 0 Å². The minimum atomic E-state index is 1.03. The Morgan fingerprint density at radius 1 is 0.923 bits per heavy atom. The first-order chi connectivity index (χ1) is 6.43. The zero-order valence-electron chi connectivity index (χ0n) is 9.10. The maximum Gasteiger partial charge on any atom is -0.0351 e. The molecule has 0 heterocycles. The number of allylic oxidation sites excluding steroid dienone is 2. The Kier molecular flexibility index (Phi) is 5.97. The molecule has 0 spiro atoms. The van der Waals surface area contributed by atoms with E-state index >= 15 is 0 Å². The number of rotatable bonds is 1. The van der Waals surface area contributed by atoms with E-state index in [1.807, 2.05) is 0 Å². The molecule has 0 atom stereocenters. The Morgan fingerprint density at radius 3 is 1.92 bits per heavy atom. The number of hydrogen-bond acceptors (Lipinski definition) is 0. The minimum Gasteiger partial charge on any atom is -0.0885 e. The summed E-state index contributed by atoms with van der Waals surface area (Å²) in [4.78, 5) is 0. The maximum absolute atomic E-state index is 2.38. The van der Waals surface area contributed by atoms with Gasteiger partial charge in [0, 0.05) is 0 Å². The highest BCUT2D eigenvalue weighted by molar-refractivity contribution is 4.82. The Labute approximate surface area is 83.4 Å². The lowest BCUT2D eigenvalue weighted by atomic mass is 9.93. The zero-order valence-corrected chi connectivity index (χ0v) is 9.10. The predicted octanol–water partition coefficient (Wildman–Crippen LogP) is 4.70. The van der Waals surface area contributed by atoms with Gasteiger partial charge in [0.15, 0.2) is 0 Å². The van der Waals surface area contributed by atoms with Crippen molar-refractivity contribution < 1.29 is 0 Å². The van der Waals surface area contributed by atoms with E-state index in [2.05, 4.69) is 19.1 Å². The summed E-state index contributed by atoms with van der Waals surface area (Å²) in [5, 5.41) is 0. The Hall–Kier alpha value is -0.260. The monoisotopic (exact) mass is 180 g/mol. The molecule has 0 amide bonds. The summed E-state index contributed by atoms with van der Waals surface area (Å²) >= 11 is 0. The molecule has 0 unspecified atom stereocenters. The van der Waals surface area contributed by atoms with E-state index in [1.165, 1.54) is 57.8 Å². The molecule has 0 saturated heterocycles. The Balaban J connectivity index is 2.25. The highest BCUT2D eigenvalue weighted by atomic mass is 14.1. The van der Waals surface area contributed by atoms with Gasteiger partial charge >= 0.3 is 0 Å². The average molecular weight is 180 g/mol. The van der Waals surface area contributed by atoms with Crippen molar-refractivity contribution in [3.63, 3.8) is 0 Å². The molecule has 13 heavy (non-hydrogen) atoms. The van der Waals surface area contributed by atoms with Crippen LogP contribution in [0, 0.1) is 5.92 Å². The van der Waals surface area contributed by atoms with Crippen LogP contribution >= 0.6 is 0 Å². The van der Waals surface area contributed by atoms with E-state index in [0.717, 1.165) is 5.92 Å². The van der Waals surface area contributed by atoms with Crippen molar-refractivity contribution in [3.8, 4) is 0 Å². The molecule has 1 aliphatic rings. The van der Waals surface area contributed by atoms with Gasteiger partial charge in [0.05, 0.1) is 0 Å². The molecular weight excluding hydrogens is 156 g/mol. The SMILES string of the molecule is CCC1CCCC/C=C\CCCC1. The molecule has 0 aliphatic heterocycles. The first-order valence-electron chi connectivity index (χ1n) is 6.08.